The lowest BCUT2D eigenvalue weighted by molar-refractivity contribution is 0.171. The molecule has 4 aliphatic rings. The molecule has 0 N–H and O–H groups in total. The Morgan fingerprint density at radius 1 is 0.433 bits per heavy atom. The lowest BCUT2D eigenvalue weighted by Gasteiger charge is -2.44. The van der Waals surface area contributed by atoms with Gasteiger partial charge in [0.15, 0.2) is 23.0 Å². The average molecular weight is 783 g/mol. The highest BCUT2D eigenvalue weighted by atomic mass is 16.6. The smallest absolute Gasteiger partial charge is 0.252 e. The molecule has 0 radical (unpaired) electrons. The molecule has 9 aromatic rings. The Hall–Kier alpha value is -7.52. The van der Waals surface area contributed by atoms with Gasteiger partial charge in [-0.25, -0.2) is 0 Å². The molecule has 0 aliphatic carbocycles. The van der Waals surface area contributed by atoms with Crippen molar-refractivity contribution in [2.75, 3.05) is 36.2 Å². The summed E-state index contributed by atoms with van der Waals surface area (Å²) in [6.07, 6.45) is 0. The van der Waals surface area contributed by atoms with E-state index in [0.29, 0.717) is 26.4 Å². The Morgan fingerprint density at radius 3 is 1.38 bits per heavy atom. The van der Waals surface area contributed by atoms with Crippen molar-refractivity contribution in [3.05, 3.63) is 151 Å². The van der Waals surface area contributed by atoms with E-state index in [-0.39, 0.29) is 6.71 Å². The molecule has 4 aliphatic heterocycles. The van der Waals surface area contributed by atoms with Gasteiger partial charge in [0.05, 0.1) is 11.4 Å². The number of furan rings is 2. The Balaban J connectivity index is 1.08. The third-order valence-corrected chi connectivity index (χ3v) is 12.2. The van der Waals surface area contributed by atoms with Gasteiger partial charge in [0, 0.05) is 56.8 Å². The number of rotatable bonds is 4. The van der Waals surface area contributed by atoms with Gasteiger partial charge in [-0.15, -0.1) is 0 Å². The molecule has 0 unspecified atom stereocenters. The van der Waals surface area contributed by atoms with Gasteiger partial charge in [-0.2, -0.15) is 0 Å². The van der Waals surface area contributed by atoms with E-state index in [4.69, 9.17) is 27.8 Å². The summed E-state index contributed by atoms with van der Waals surface area (Å²) in [5, 5.41) is 2.14. The molecule has 0 saturated carbocycles. The maximum atomic E-state index is 6.48. The quantitative estimate of drug-likeness (QED) is 0.164. The van der Waals surface area contributed by atoms with Crippen LogP contribution < -0.4 is 45.1 Å². The Morgan fingerprint density at radius 2 is 0.900 bits per heavy atom. The minimum atomic E-state index is -0.100. The summed E-state index contributed by atoms with van der Waals surface area (Å²) in [6.45, 7) is 4.14. The summed E-state index contributed by atoms with van der Waals surface area (Å²) >= 11 is 0. The lowest BCUT2D eigenvalue weighted by atomic mass is 9.33. The van der Waals surface area contributed by atoms with Crippen molar-refractivity contribution < 1.29 is 27.8 Å². The minimum absolute atomic E-state index is 0.100. The van der Waals surface area contributed by atoms with Crippen LogP contribution in [0.5, 0.6) is 23.0 Å². The Bertz CT molecular complexity index is 2960. The number of hydrogen-bond donors (Lipinski definition) is 0. The summed E-state index contributed by atoms with van der Waals surface area (Å²) in [7, 11) is 0. The van der Waals surface area contributed by atoms with Crippen LogP contribution >= 0.6 is 0 Å². The molecule has 0 bridgehead atoms. The number of aryl methyl sites for hydroxylation is 1. The van der Waals surface area contributed by atoms with E-state index >= 15 is 0 Å². The van der Waals surface area contributed by atoms with Crippen molar-refractivity contribution in [3.63, 3.8) is 0 Å². The molecular formula is C51H35BN2O6. The van der Waals surface area contributed by atoms with Gasteiger partial charge in [0.2, 0.25) is 0 Å². The normalized spacial score (nSPS) is 14.6. The lowest BCUT2D eigenvalue weighted by Crippen LogP contribution is -2.61. The summed E-state index contributed by atoms with van der Waals surface area (Å²) in [4.78, 5) is 4.77. The minimum Gasteiger partial charge on any atom is -0.486 e. The van der Waals surface area contributed by atoms with Crippen LogP contribution in [0, 0.1) is 6.92 Å². The number of hydrogen-bond acceptors (Lipinski definition) is 8. The van der Waals surface area contributed by atoms with Gasteiger partial charge in [-0.1, -0.05) is 60.7 Å². The standard InChI is InChI=1S/C51H35BN2O6/c1-30-22-41-51-42(23-30)54(36-13-17-46-50(29-36)58-21-19-56-46)40-25-34(48-27-32-7-3-5-9-44(32)60-48)11-15-38(40)52(51)37-14-10-33(47-26-31-6-2-4-8-43(31)59-47)24-39(37)53(41)35-12-16-45-49(28-35)57-20-18-55-45/h2-17,22-29H,18-21H2,1H3. The van der Waals surface area contributed by atoms with Crippen LogP contribution in [-0.4, -0.2) is 33.1 Å². The number of anilines is 6. The molecule has 8 nitrogen and oxygen atoms in total. The summed E-state index contributed by atoms with van der Waals surface area (Å²) in [6, 6.07) is 51.3. The Labute approximate surface area is 345 Å². The molecule has 0 fully saturated rings. The highest BCUT2D eigenvalue weighted by molar-refractivity contribution is 7.00. The number of ether oxygens (including phenoxy) is 4. The highest BCUT2D eigenvalue weighted by Crippen LogP contribution is 2.49. The van der Waals surface area contributed by atoms with Crippen molar-refractivity contribution in [2.24, 2.45) is 0 Å². The van der Waals surface area contributed by atoms with Crippen molar-refractivity contribution in [3.8, 4) is 45.6 Å². The van der Waals surface area contributed by atoms with Crippen LogP contribution in [0.25, 0.3) is 44.6 Å². The predicted molar refractivity (Wildman–Crippen MR) is 238 cm³/mol. The molecule has 0 spiro atoms. The molecule has 6 heterocycles. The molecular weight excluding hydrogens is 747 g/mol. The van der Waals surface area contributed by atoms with Gasteiger partial charge in [0.25, 0.3) is 6.71 Å². The van der Waals surface area contributed by atoms with E-state index in [9.17, 15) is 0 Å². The SMILES string of the molecule is Cc1cc2c3c(c1)N(c1ccc4c(c1)OCCO4)c1cc(-c4cc5ccccc5o4)ccc1B3c1ccc(-c3cc4ccccc4o3)cc1N2c1ccc2c(c1)OCCO2. The molecule has 60 heavy (non-hydrogen) atoms. The molecule has 2 aromatic heterocycles. The van der Waals surface area contributed by atoms with Gasteiger partial charge in [0.1, 0.15) is 49.1 Å². The van der Waals surface area contributed by atoms with Crippen LogP contribution in [0.4, 0.5) is 34.1 Å². The van der Waals surface area contributed by atoms with Crippen molar-refractivity contribution in [2.45, 2.75) is 6.92 Å². The van der Waals surface area contributed by atoms with Crippen LogP contribution in [0.1, 0.15) is 5.56 Å². The largest absolute Gasteiger partial charge is 0.486 e. The zero-order valence-corrected chi connectivity index (χ0v) is 32.6. The second-order valence-electron chi connectivity index (χ2n) is 15.8. The topological polar surface area (TPSA) is 69.7 Å². The monoisotopic (exact) mass is 782 g/mol. The second kappa shape index (κ2) is 12.7. The average Bonchev–Trinajstić information content (AvgIpc) is 3.94. The van der Waals surface area contributed by atoms with E-state index in [1.165, 1.54) is 16.4 Å². The Kier molecular flexibility index (Phi) is 7.10. The zero-order valence-electron chi connectivity index (χ0n) is 32.6. The van der Waals surface area contributed by atoms with Gasteiger partial charge < -0.3 is 37.6 Å². The fraction of sp³-hybridized carbons (Fsp3) is 0.0980. The van der Waals surface area contributed by atoms with E-state index in [1.54, 1.807) is 0 Å². The summed E-state index contributed by atoms with van der Waals surface area (Å²) in [5.41, 5.74) is 14.7. The van der Waals surface area contributed by atoms with Gasteiger partial charge in [-0.05, 0) is 102 Å². The van der Waals surface area contributed by atoms with Gasteiger partial charge >= 0.3 is 0 Å². The summed E-state index contributed by atoms with van der Waals surface area (Å²) < 4.78 is 37.3. The number of para-hydroxylation sites is 2. The van der Waals surface area contributed by atoms with Crippen LogP contribution in [0.15, 0.2) is 154 Å². The van der Waals surface area contributed by atoms with Crippen LogP contribution in [-0.2, 0) is 0 Å². The number of benzene rings is 7. The van der Waals surface area contributed by atoms with E-state index in [1.807, 2.05) is 48.5 Å². The first kappa shape index (κ1) is 33.5. The van der Waals surface area contributed by atoms with Gasteiger partial charge in [-0.3, -0.25) is 0 Å². The predicted octanol–water partition coefficient (Wildman–Crippen LogP) is 10.4. The maximum Gasteiger partial charge on any atom is 0.252 e. The first-order valence-electron chi connectivity index (χ1n) is 20.4. The highest BCUT2D eigenvalue weighted by Gasteiger charge is 2.44. The second-order valence-corrected chi connectivity index (χ2v) is 15.8. The third-order valence-electron chi connectivity index (χ3n) is 12.2. The molecule has 0 saturated heterocycles. The fourth-order valence-corrected chi connectivity index (χ4v) is 9.58. The fourth-order valence-electron chi connectivity index (χ4n) is 9.58. The van der Waals surface area contributed by atoms with Crippen LogP contribution in [0.2, 0.25) is 0 Å². The molecule has 0 amide bonds. The first-order chi connectivity index (χ1) is 29.6. The molecule has 13 rings (SSSR count). The zero-order chi connectivity index (χ0) is 39.5. The van der Waals surface area contributed by atoms with E-state index in [0.717, 1.165) is 107 Å². The molecule has 0 atom stereocenters. The molecule has 9 heteroatoms. The third kappa shape index (κ3) is 5.05. The summed E-state index contributed by atoms with van der Waals surface area (Å²) in [5.74, 6) is 4.61. The number of fused-ring (bicyclic) bond motifs is 8. The van der Waals surface area contributed by atoms with Crippen LogP contribution in [0.3, 0.4) is 0 Å². The van der Waals surface area contributed by atoms with E-state index < -0.39 is 0 Å². The molecule has 7 aromatic carbocycles. The first-order valence-corrected chi connectivity index (χ1v) is 20.4. The van der Waals surface area contributed by atoms with Crippen molar-refractivity contribution in [1.29, 1.82) is 0 Å². The van der Waals surface area contributed by atoms with Crippen molar-refractivity contribution >= 4 is 79.2 Å². The maximum absolute atomic E-state index is 6.48. The molecule has 288 valence electrons. The number of nitrogens with zero attached hydrogens (tertiary/aromatic N) is 2. The van der Waals surface area contributed by atoms with E-state index in [2.05, 4.69) is 114 Å². The van der Waals surface area contributed by atoms with Crippen molar-refractivity contribution in [1.82, 2.24) is 0 Å².